The molecule has 0 saturated heterocycles. The highest BCUT2D eigenvalue weighted by Crippen LogP contribution is 2.28. The topological polar surface area (TPSA) is 83.4 Å². The van der Waals surface area contributed by atoms with E-state index < -0.39 is 12.0 Å². The van der Waals surface area contributed by atoms with Crippen molar-refractivity contribution in [3.8, 4) is 0 Å². The monoisotopic (exact) mass is 417 g/mol. The number of benzene rings is 1. The van der Waals surface area contributed by atoms with Crippen molar-refractivity contribution < 1.29 is 19.1 Å². The Morgan fingerprint density at radius 1 is 1.17 bits per heavy atom. The summed E-state index contributed by atoms with van der Waals surface area (Å²) in [6.07, 6.45) is -1.41. The van der Waals surface area contributed by atoms with Gasteiger partial charge in [-0.25, -0.2) is 4.39 Å². The maximum atomic E-state index is 13.5. The Kier molecular flexibility index (Phi) is 6.76. The summed E-state index contributed by atoms with van der Waals surface area (Å²) < 4.78 is 15.1. The van der Waals surface area contributed by atoms with Gasteiger partial charge >= 0.3 is 0 Å². The first kappa shape index (κ1) is 23.6. The van der Waals surface area contributed by atoms with E-state index in [4.69, 9.17) is 0 Å². The minimum atomic E-state index is -1.41. The summed E-state index contributed by atoms with van der Waals surface area (Å²) in [7, 11) is 1.71. The van der Waals surface area contributed by atoms with E-state index in [-0.39, 0.29) is 23.2 Å². The van der Waals surface area contributed by atoms with Crippen LogP contribution in [-0.2, 0) is 11.8 Å². The lowest BCUT2D eigenvalue weighted by Gasteiger charge is -2.29. The minimum Gasteiger partial charge on any atom is -0.377 e. The lowest BCUT2D eigenvalue weighted by atomic mass is 9.88. The molecular formula is C23H32FN3O3. The molecule has 0 spiro atoms. The Bertz CT molecular complexity index is 973. The van der Waals surface area contributed by atoms with Crippen molar-refractivity contribution >= 4 is 17.5 Å². The molecule has 1 aromatic heterocycles. The number of hydrogen-bond donors (Lipinski definition) is 3. The maximum Gasteiger partial charge on any atom is 0.257 e. The molecule has 2 atom stereocenters. The summed E-state index contributed by atoms with van der Waals surface area (Å²) in [6, 6.07) is 4.19. The fourth-order valence-electron chi connectivity index (χ4n) is 3.27. The van der Waals surface area contributed by atoms with Gasteiger partial charge in [0.2, 0.25) is 0 Å². The number of nitrogens with zero attached hydrogens (tertiary/aromatic N) is 1. The Morgan fingerprint density at radius 3 is 2.30 bits per heavy atom. The van der Waals surface area contributed by atoms with Crippen molar-refractivity contribution in [3.05, 3.63) is 52.1 Å². The van der Waals surface area contributed by atoms with Crippen LogP contribution in [0.25, 0.3) is 0 Å². The van der Waals surface area contributed by atoms with Crippen LogP contribution < -0.4 is 10.6 Å². The Morgan fingerprint density at radius 2 is 1.77 bits per heavy atom. The molecule has 2 amide bonds. The second kappa shape index (κ2) is 8.60. The molecule has 3 N–H and O–H groups in total. The molecule has 0 fully saturated rings. The number of amides is 2. The van der Waals surface area contributed by atoms with Gasteiger partial charge in [-0.3, -0.25) is 9.59 Å². The normalized spacial score (nSPS) is 13.7. The molecule has 30 heavy (non-hydrogen) atoms. The third kappa shape index (κ3) is 4.73. The molecule has 1 unspecified atom stereocenters. The number of rotatable bonds is 5. The van der Waals surface area contributed by atoms with Gasteiger partial charge in [-0.15, -0.1) is 0 Å². The number of halogens is 1. The van der Waals surface area contributed by atoms with E-state index in [1.54, 1.807) is 38.5 Å². The third-order valence-corrected chi connectivity index (χ3v) is 5.79. The number of aliphatic hydroxyl groups is 1. The quantitative estimate of drug-likeness (QED) is 0.689. The molecule has 1 heterocycles. The lowest BCUT2D eigenvalue weighted by Crippen LogP contribution is -2.43. The molecule has 164 valence electrons. The summed E-state index contributed by atoms with van der Waals surface area (Å²) in [5, 5.41) is 16.3. The number of anilines is 1. The molecule has 0 aliphatic rings. The van der Waals surface area contributed by atoms with E-state index in [0.717, 1.165) is 0 Å². The smallest absolute Gasteiger partial charge is 0.257 e. The van der Waals surface area contributed by atoms with Crippen LogP contribution in [0.2, 0.25) is 0 Å². The van der Waals surface area contributed by atoms with Gasteiger partial charge in [0.1, 0.15) is 5.82 Å². The summed E-state index contributed by atoms with van der Waals surface area (Å²) >= 11 is 0. The molecule has 2 aromatic rings. The molecule has 6 nitrogen and oxygen atoms in total. The first-order valence-electron chi connectivity index (χ1n) is 9.97. The van der Waals surface area contributed by atoms with E-state index >= 15 is 0 Å². The second-order valence-corrected chi connectivity index (χ2v) is 8.95. The number of carbonyl (C=O) groups excluding carboxylic acids is 2. The Hall–Kier alpha value is -2.67. The van der Waals surface area contributed by atoms with Crippen LogP contribution in [0.4, 0.5) is 10.1 Å². The van der Waals surface area contributed by atoms with Crippen molar-refractivity contribution in [2.75, 3.05) is 5.32 Å². The number of hydrogen-bond acceptors (Lipinski definition) is 3. The maximum absolute atomic E-state index is 13.5. The van der Waals surface area contributed by atoms with Gasteiger partial charge in [0.05, 0.1) is 11.3 Å². The van der Waals surface area contributed by atoms with Crippen LogP contribution in [0, 0.1) is 32.0 Å². The summed E-state index contributed by atoms with van der Waals surface area (Å²) in [4.78, 5) is 25.6. The predicted molar refractivity (Wildman–Crippen MR) is 116 cm³/mol. The number of aliphatic hydroxyl groups excluding tert-OH is 1. The Balaban J connectivity index is 2.32. The minimum absolute atomic E-state index is 0.147. The second-order valence-electron chi connectivity index (χ2n) is 8.95. The zero-order valence-electron chi connectivity index (χ0n) is 19.0. The molecule has 0 saturated carbocycles. The SMILES string of the molecule is Cc1cc(NC(=O)c2c(C)c(C(O)C(=O)N[C@H](C)C(C)(C)C)n(C)c2C)ccc1F. The fraction of sp³-hybridized carbons (Fsp3) is 0.478. The van der Waals surface area contributed by atoms with E-state index in [2.05, 4.69) is 10.6 Å². The molecule has 2 rings (SSSR count). The predicted octanol–water partition coefficient (Wildman–Crippen LogP) is 3.93. The molecule has 7 heteroatoms. The van der Waals surface area contributed by atoms with Gasteiger partial charge < -0.3 is 20.3 Å². The molecular weight excluding hydrogens is 385 g/mol. The summed E-state index contributed by atoms with van der Waals surface area (Å²) in [5.74, 6) is -1.24. The van der Waals surface area contributed by atoms with Crippen LogP contribution in [0.1, 0.15) is 66.7 Å². The van der Waals surface area contributed by atoms with E-state index in [0.29, 0.717) is 33.8 Å². The first-order valence-corrected chi connectivity index (χ1v) is 9.97. The van der Waals surface area contributed by atoms with Gasteiger partial charge in [-0.1, -0.05) is 20.8 Å². The molecule has 0 radical (unpaired) electrons. The van der Waals surface area contributed by atoms with Gasteiger partial charge in [0.15, 0.2) is 6.10 Å². The third-order valence-electron chi connectivity index (χ3n) is 5.79. The van der Waals surface area contributed by atoms with Crippen LogP contribution in [0.3, 0.4) is 0 Å². The van der Waals surface area contributed by atoms with Crippen LogP contribution >= 0.6 is 0 Å². The van der Waals surface area contributed by atoms with Crippen LogP contribution in [0.15, 0.2) is 18.2 Å². The summed E-state index contributed by atoms with van der Waals surface area (Å²) in [6.45, 7) is 13.0. The number of aromatic nitrogens is 1. The van der Waals surface area contributed by atoms with Crippen LogP contribution in [0.5, 0.6) is 0 Å². The zero-order chi connectivity index (χ0) is 23.0. The zero-order valence-corrected chi connectivity index (χ0v) is 19.0. The van der Waals surface area contributed by atoms with Gasteiger partial charge in [0, 0.05) is 24.5 Å². The number of carbonyl (C=O) groups is 2. The lowest BCUT2D eigenvalue weighted by molar-refractivity contribution is -0.131. The Labute approximate surface area is 177 Å². The fourth-order valence-corrected chi connectivity index (χ4v) is 3.27. The largest absolute Gasteiger partial charge is 0.377 e. The van der Waals surface area contributed by atoms with Crippen molar-refractivity contribution in [3.63, 3.8) is 0 Å². The van der Waals surface area contributed by atoms with Gasteiger partial charge in [0.25, 0.3) is 11.8 Å². The van der Waals surface area contributed by atoms with E-state index in [9.17, 15) is 19.1 Å². The average Bonchev–Trinajstić information content (AvgIpc) is 2.85. The van der Waals surface area contributed by atoms with Crippen molar-refractivity contribution in [2.45, 2.75) is 60.6 Å². The molecule has 0 bridgehead atoms. The molecule has 1 aromatic carbocycles. The first-order chi connectivity index (χ1) is 13.8. The summed E-state index contributed by atoms with van der Waals surface area (Å²) in [5.41, 5.74) is 2.63. The van der Waals surface area contributed by atoms with Crippen molar-refractivity contribution in [1.82, 2.24) is 9.88 Å². The highest BCUT2D eigenvalue weighted by Gasteiger charge is 2.31. The highest BCUT2D eigenvalue weighted by atomic mass is 19.1. The van der Waals surface area contributed by atoms with E-state index in [1.165, 1.54) is 12.1 Å². The van der Waals surface area contributed by atoms with Crippen LogP contribution in [-0.4, -0.2) is 27.5 Å². The molecule has 0 aliphatic heterocycles. The van der Waals surface area contributed by atoms with E-state index in [1.807, 2.05) is 27.7 Å². The van der Waals surface area contributed by atoms with Crippen molar-refractivity contribution in [2.24, 2.45) is 12.5 Å². The number of nitrogens with one attached hydrogen (secondary N) is 2. The number of aryl methyl sites for hydroxylation is 1. The van der Waals surface area contributed by atoms with Gasteiger partial charge in [-0.2, -0.15) is 0 Å². The standard InChI is InChI=1S/C23H32FN3O3/c1-12-11-16(9-10-17(12)24)26-21(29)18-13(2)19(27(8)14(18)3)20(28)22(30)25-15(4)23(5,6)7/h9-11,15,20,28H,1-8H3,(H,25,30)(H,26,29)/t15-,20?/m1/s1. The van der Waals surface area contributed by atoms with Gasteiger partial charge in [-0.05, 0) is 62.4 Å². The van der Waals surface area contributed by atoms with Crippen molar-refractivity contribution in [1.29, 1.82) is 0 Å². The highest BCUT2D eigenvalue weighted by molar-refractivity contribution is 6.06. The average molecular weight is 418 g/mol. The molecule has 0 aliphatic carbocycles.